The lowest BCUT2D eigenvalue weighted by Crippen LogP contribution is -2.18. The molecule has 172 valence electrons. The van der Waals surface area contributed by atoms with Crippen LogP contribution in [0.1, 0.15) is 5.56 Å². The van der Waals surface area contributed by atoms with E-state index in [0.29, 0.717) is 55.2 Å². The van der Waals surface area contributed by atoms with Crippen LogP contribution < -0.4 is 32.1 Å². The van der Waals surface area contributed by atoms with E-state index in [1.165, 1.54) is 24.3 Å². The third-order valence-corrected chi connectivity index (χ3v) is 5.55. The van der Waals surface area contributed by atoms with Gasteiger partial charge in [0.2, 0.25) is 0 Å². The molecule has 0 unspecified atom stereocenters. The zero-order valence-electron chi connectivity index (χ0n) is 17.4. The minimum absolute atomic E-state index is 0.0590. The first-order chi connectivity index (χ1) is 16.0. The first kappa shape index (κ1) is 21.1. The molecule has 2 aliphatic heterocycles. The molecule has 0 saturated heterocycles. The fourth-order valence-electron chi connectivity index (χ4n) is 3.25. The third kappa shape index (κ3) is 5.17. The lowest BCUT2D eigenvalue weighted by molar-refractivity contribution is 0.170. The van der Waals surface area contributed by atoms with Crippen LogP contribution in [-0.4, -0.2) is 34.8 Å². The summed E-state index contributed by atoms with van der Waals surface area (Å²) in [6.07, 6.45) is 0. The lowest BCUT2D eigenvalue weighted by atomic mass is 10.2. The van der Waals surface area contributed by atoms with Gasteiger partial charge in [-0.05, 0) is 42.0 Å². The predicted octanol–water partition coefficient (Wildman–Crippen LogP) is 3.51. The van der Waals surface area contributed by atoms with Crippen molar-refractivity contribution in [2.45, 2.75) is 6.61 Å². The van der Waals surface area contributed by atoms with Crippen molar-refractivity contribution in [3.63, 3.8) is 0 Å². The maximum Gasteiger partial charge on any atom is 0.500 e. The molecule has 10 heteroatoms. The van der Waals surface area contributed by atoms with Gasteiger partial charge in [0, 0.05) is 12.1 Å². The molecule has 0 atom stereocenters. The van der Waals surface area contributed by atoms with Gasteiger partial charge in [0.15, 0.2) is 23.0 Å². The Balaban J connectivity index is 1.18. The van der Waals surface area contributed by atoms with Crippen molar-refractivity contribution >= 4 is 10.4 Å². The SMILES string of the molecule is O=S(=O)(Oc1ccc(COc2ccc3c(c2)OCCO3)cc1)Oc1ccc2c(c1)OCCO2. The molecule has 2 heterocycles. The van der Waals surface area contributed by atoms with Gasteiger partial charge < -0.3 is 32.1 Å². The van der Waals surface area contributed by atoms with Crippen LogP contribution in [-0.2, 0) is 17.0 Å². The highest BCUT2D eigenvalue weighted by molar-refractivity contribution is 7.82. The van der Waals surface area contributed by atoms with Crippen molar-refractivity contribution in [3.05, 3.63) is 66.2 Å². The zero-order chi connectivity index (χ0) is 22.7. The molecule has 3 aromatic carbocycles. The molecule has 0 N–H and O–H groups in total. The summed E-state index contributed by atoms with van der Waals surface area (Å²) in [4.78, 5) is 0. The molecule has 0 bridgehead atoms. The van der Waals surface area contributed by atoms with Gasteiger partial charge in [-0.1, -0.05) is 12.1 Å². The van der Waals surface area contributed by atoms with Crippen LogP contribution in [0.3, 0.4) is 0 Å². The Morgan fingerprint density at radius 1 is 0.606 bits per heavy atom. The fourth-order valence-corrected chi connectivity index (χ4v) is 3.97. The summed E-state index contributed by atoms with van der Waals surface area (Å²) in [5.41, 5.74) is 0.822. The Kier molecular flexibility index (Phi) is 5.74. The highest BCUT2D eigenvalue weighted by Crippen LogP contribution is 2.35. The lowest BCUT2D eigenvalue weighted by Gasteiger charge is -2.19. The minimum atomic E-state index is -4.34. The van der Waals surface area contributed by atoms with E-state index in [4.69, 9.17) is 32.1 Å². The monoisotopic (exact) mass is 472 g/mol. The molecule has 0 spiro atoms. The summed E-state index contributed by atoms with van der Waals surface area (Å²) >= 11 is 0. The smallest absolute Gasteiger partial charge is 0.489 e. The van der Waals surface area contributed by atoms with Gasteiger partial charge in [-0.15, -0.1) is 8.42 Å². The van der Waals surface area contributed by atoms with Gasteiger partial charge in [-0.25, -0.2) is 0 Å². The summed E-state index contributed by atoms with van der Waals surface area (Å²) in [6, 6.07) is 16.3. The quantitative estimate of drug-likeness (QED) is 0.511. The van der Waals surface area contributed by atoms with Crippen molar-refractivity contribution in [2.75, 3.05) is 26.4 Å². The molecule has 5 rings (SSSR count). The number of hydrogen-bond donors (Lipinski definition) is 0. The second-order valence-corrected chi connectivity index (χ2v) is 8.27. The molecule has 0 saturated carbocycles. The zero-order valence-corrected chi connectivity index (χ0v) is 18.2. The van der Waals surface area contributed by atoms with Crippen LogP contribution in [0.4, 0.5) is 0 Å². The average molecular weight is 472 g/mol. The summed E-state index contributed by atoms with van der Waals surface area (Å²) in [5.74, 6) is 3.08. The fraction of sp³-hybridized carbons (Fsp3) is 0.217. The van der Waals surface area contributed by atoms with Crippen LogP contribution in [0.25, 0.3) is 0 Å². The van der Waals surface area contributed by atoms with Crippen LogP contribution in [0, 0.1) is 0 Å². The van der Waals surface area contributed by atoms with Crippen molar-refractivity contribution < 1.29 is 40.5 Å². The molecule has 9 nitrogen and oxygen atoms in total. The highest BCUT2D eigenvalue weighted by Gasteiger charge is 2.19. The molecule has 3 aromatic rings. The van der Waals surface area contributed by atoms with E-state index in [-0.39, 0.29) is 18.1 Å². The van der Waals surface area contributed by atoms with E-state index >= 15 is 0 Å². The van der Waals surface area contributed by atoms with Crippen molar-refractivity contribution in [1.82, 2.24) is 0 Å². The summed E-state index contributed by atoms with van der Waals surface area (Å²) in [7, 11) is -4.34. The number of fused-ring (bicyclic) bond motifs is 2. The van der Waals surface area contributed by atoms with Crippen molar-refractivity contribution in [1.29, 1.82) is 0 Å². The molecule has 0 fully saturated rings. The molecular weight excluding hydrogens is 452 g/mol. The second kappa shape index (κ2) is 8.99. The minimum Gasteiger partial charge on any atom is -0.489 e. The van der Waals surface area contributed by atoms with Gasteiger partial charge in [0.25, 0.3) is 0 Å². The number of rotatable bonds is 7. The predicted molar refractivity (Wildman–Crippen MR) is 116 cm³/mol. The Morgan fingerprint density at radius 2 is 1.09 bits per heavy atom. The first-order valence-corrected chi connectivity index (χ1v) is 11.5. The summed E-state index contributed by atoms with van der Waals surface area (Å²) < 4.78 is 62.3. The van der Waals surface area contributed by atoms with E-state index in [9.17, 15) is 8.42 Å². The Bertz CT molecular complexity index is 1240. The number of ether oxygens (including phenoxy) is 5. The van der Waals surface area contributed by atoms with Crippen molar-refractivity contribution in [2.24, 2.45) is 0 Å². The normalized spacial score (nSPS) is 14.3. The highest BCUT2D eigenvalue weighted by atomic mass is 32.3. The van der Waals surface area contributed by atoms with Crippen molar-refractivity contribution in [3.8, 4) is 40.2 Å². The summed E-state index contributed by atoms with van der Waals surface area (Å²) in [6.45, 7) is 2.12. The average Bonchev–Trinajstić information content (AvgIpc) is 2.83. The second-order valence-electron chi connectivity index (χ2n) is 7.12. The van der Waals surface area contributed by atoms with E-state index in [1.807, 2.05) is 0 Å². The summed E-state index contributed by atoms with van der Waals surface area (Å²) in [5, 5.41) is 0. The Labute approximate surface area is 190 Å². The molecule has 0 amide bonds. The van der Waals surface area contributed by atoms with Crippen LogP contribution in [0.15, 0.2) is 60.7 Å². The van der Waals surface area contributed by atoms with Crippen LogP contribution in [0.2, 0.25) is 0 Å². The maximum absolute atomic E-state index is 12.3. The Morgan fingerprint density at radius 3 is 1.73 bits per heavy atom. The standard InChI is InChI=1S/C23H20O9S/c24-33(25,32-19-6-8-21-23(14-19)29-12-10-27-21)31-17-3-1-16(2-4-17)15-30-18-5-7-20-22(13-18)28-11-9-26-20/h1-8,13-14H,9-12,15H2. The molecule has 2 aliphatic rings. The van der Waals surface area contributed by atoms with Gasteiger partial charge in [0.05, 0.1) is 0 Å². The largest absolute Gasteiger partial charge is 0.500 e. The topological polar surface area (TPSA) is 98.8 Å². The van der Waals surface area contributed by atoms with Crippen LogP contribution >= 0.6 is 0 Å². The molecule has 0 aromatic heterocycles. The van der Waals surface area contributed by atoms with E-state index in [1.54, 1.807) is 36.4 Å². The van der Waals surface area contributed by atoms with Gasteiger partial charge in [-0.2, -0.15) is 0 Å². The molecule has 0 radical (unpaired) electrons. The first-order valence-electron chi connectivity index (χ1n) is 10.2. The van der Waals surface area contributed by atoms with E-state index < -0.39 is 10.4 Å². The maximum atomic E-state index is 12.3. The van der Waals surface area contributed by atoms with Gasteiger partial charge in [0.1, 0.15) is 50.3 Å². The Hall–Kier alpha value is -3.79. The molecule has 33 heavy (non-hydrogen) atoms. The van der Waals surface area contributed by atoms with Gasteiger partial charge >= 0.3 is 10.4 Å². The van der Waals surface area contributed by atoms with E-state index in [2.05, 4.69) is 0 Å². The number of hydrogen-bond acceptors (Lipinski definition) is 9. The van der Waals surface area contributed by atoms with Gasteiger partial charge in [-0.3, -0.25) is 0 Å². The molecular formula is C23H20O9S. The molecule has 0 aliphatic carbocycles. The van der Waals surface area contributed by atoms with E-state index in [0.717, 1.165) is 5.56 Å². The third-order valence-electron chi connectivity index (χ3n) is 4.75. The number of benzene rings is 3. The van der Waals surface area contributed by atoms with Crippen LogP contribution in [0.5, 0.6) is 40.2 Å².